The number of nitrogens with zero attached hydrogens (tertiary/aromatic N) is 4. The summed E-state index contributed by atoms with van der Waals surface area (Å²) in [5, 5.41) is 4.42. The van der Waals surface area contributed by atoms with Crippen molar-refractivity contribution in [3.8, 4) is 0 Å². The number of carbonyl (C=O) groups is 1. The Kier molecular flexibility index (Phi) is 4.39. The van der Waals surface area contributed by atoms with Crippen molar-refractivity contribution in [2.24, 2.45) is 0 Å². The first-order valence-corrected chi connectivity index (χ1v) is 9.35. The van der Waals surface area contributed by atoms with Gasteiger partial charge in [0, 0.05) is 19.0 Å². The lowest BCUT2D eigenvalue weighted by Crippen LogP contribution is -2.41. The summed E-state index contributed by atoms with van der Waals surface area (Å²) in [6.07, 6.45) is 1.60. The van der Waals surface area contributed by atoms with E-state index in [1.165, 1.54) is 11.3 Å². The fourth-order valence-electron chi connectivity index (χ4n) is 2.89. The topological polar surface area (TPSA) is 59.7 Å². The molecule has 0 atom stereocenters. The highest BCUT2D eigenvalue weighted by Gasteiger charge is 2.30. The van der Waals surface area contributed by atoms with E-state index < -0.39 is 5.60 Å². The van der Waals surface area contributed by atoms with Crippen LogP contribution in [0, 0.1) is 6.92 Å². The molecule has 0 aromatic carbocycles. The van der Waals surface area contributed by atoms with Crippen molar-refractivity contribution >= 4 is 38.3 Å². The number of hydrogen-bond donors (Lipinski definition) is 0. The predicted octanol–water partition coefficient (Wildman–Crippen LogP) is 3.98. The van der Waals surface area contributed by atoms with Gasteiger partial charge in [0.05, 0.1) is 11.4 Å². The molecule has 2 aromatic rings. The van der Waals surface area contributed by atoms with Gasteiger partial charge in [0.15, 0.2) is 3.92 Å². The van der Waals surface area contributed by atoms with Crippen LogP contribution in [-0.4, -0.2) is 44.3 Å². The maximum atomic E-state index is 12.1. The van der Waals surface area contributed by atoms with E-state index in [0.717, 1.165) is 33.1 Å². The van der Waals surface area contributed by atoms with E-state index in [-0.39, 0.29) is 6.09 Å². The molecule has 8 heteroatoms. The quantitative estimate of drug-likeness (QED) is 0.726. The molecule has 3 heterocycles. The van der Waals surface area contributed by atoms with E-state index in [1.807, 2.05) is 25.3 Å². The number of fused-ring (bicyclic) bond motifs is 1. The number of likely N-dealkylation sites (tertiary alicyclic amines) is 1. The first kappa shape index (κ1) is 16.7. The maximum Gasteiger partial charge on any atom is 0.410 e. The molecule has 0 bridgehead atoms. The summed E-state index contributed by atoms with van der Waals surface area (Å²) in [5.41, 5.74) is 1.76. The lowest BCUT2D eigenvalue weighted by molar-refractivity contribution is 0.0204. The third kappa shape index (κ3) is 3.52. The smallest absolute Gasteiger partial charge is 0.410 e. The van der Waals surface area contributed by atoms with E-state index in [1.54, 1.807) is 4.90 Å². The zero-order valence-electron chi connectivity index (χ0n) is 13.8. The van der Waals surface area contributed by atoms with Gasteiger partial charge in [0.25, 0.3) is 0 Å². The first-order valence-electron chi connectivity index (χ1n) is 7.74. The van der Waals surface area contributed by atoms with Crippen LogP contribution in [0.3, 0.4) is 0 Å². The van der Waals surface area contributed by atoms with Crippen molar-refractivity contribution < 1.29 is 9.53 Å². The minimum absolute atomic E-state index is 0.218. The molecule has 0 N–H and O–H groups in total. The summed E-state index contributed by atoms with van der Waals surface area (Å²) in [7, 11) is 0. The Bertz CT molecular complexity index is 726. The summed E-state index contributed by atoms with van der Waals surface area (Å²) in [6, 6.07) is 0. The molecular formula is C15H21BrN4O2S. The monoisotopic (exact) mass is 400 g/mol. The Labute approximate surface area is 148 Å². The van der Waals surface area contributed by atoms with Crippen molar-refractivity contribution in [1.29, 1.82) is 0 Å². The molecule has 0 radical (unpaired) electrons. The van der Waals surface area contributed by atoms with E-state index in [0.29, 0.717) is 19.0 Å². The molecule has 0 aliphatic carbocycles. The Morgan fingerprint density at radius 2 is 2.00 bits per heavy atom. The van der Waals surface area contributed by atoms with Gasteiger partial charge in [-0.25, -0.2) is 14.3 Å². The normalized spacial score (nSPS) is 17.0. The number of carbonyl (C=O) groups excluding carboxylic acids is 1. The Morgan fingerprint density at radius 1 is 1.35 bits per heavy atom. The van der Waals surface area contributed by atoms with Crippen molar-refractivity contribution in [2.45, 2.75) is 52.1 Å². The highest BCUT2D eigenvalue weighted by atomic mass is 79.9. The van der Waals surface area contributed by atoms with Crippen LogP contribution in [0.2, 0.25) is 0 Å². The van der Waals surface area contributed by atoms with Crippen LogP contribution >= 0.6 is 27.3 Å². The van der Waals surface area contributed by atoms with Gasteiger partial charge in [-0.1, -0.05) is 11.3 Å². The molecule has 1 aliphatic rings. The molecule has 1 aliphatic heterocycles. The Balaban J connectivity index is 1.67. The summed E-state index contributed by atoms with van der Waals surface area (Å²) < 4.78 is 8.18. The number of aromatic nitrogens is 3. The second-order valence-electron chi connectivity index (χ2n) is 6.87. The molecule has 3 rings (SSSR count). The van der Waals surface area contributed by atoms with Gasteiger partial charge < -0.3 is 9.64 Å². The molecule has 23 heavy (non-hydrogen) atoms. The second-order valence-corrected chi connectivity index (χ2v) is 9.11. The standard InChI is InChI=1S/C15H21BrN4O2S/c1-9-11(17-13-20(9)18-12(16)23-13)10-5-7-19(8-6-10)14(21)22-15(2,3)4/h10H,5-8H2,1-4H3. The Hall–Kier alpha value is -1.15. The number of piperidine rings is 1. The van der Waals surface area contributed by atoms with Crippen molar-refractivity contribution in [2.75, 3.05) is 13.1 Å². The number of amides is 1. The Morgan fingerprint density at radius 3 is 2.57 bits per heavy atom. The fraction of sp³-hybridized carbons (Fsp3) is 0.667. The molecular weight excluding hydrogens is 380 g/mol. The second kappa shape index (κ2) is 6.05. The van der Waals surface area contributed by atoms with E-state index in [4.69, 9.17) is 9.72 Å². The van der Waals surface area contributed by atoms with E-state index in [2.05, 4.69) is 28.0 Å². The fourth-order valence-corrected chi connectivity index (χ4v) is 4.16. The first-order chi connectivity index (χ1) is 10.7. The highest BCUT2D eigenvalue weighted by molar-refractivity contribution is 9.11. The number of ether oxygens (including phenoxy) is 1. The summed E-state index contributed by atoms with van der Waals surface area (Å²) in [5.74, 6) is 0.376. The van der Waals surface area contributed by atoms with Gasteiger partial charge in [-0.05, 0) is 56.5 Å². The zero-order valence-corrected chi connectivity index (χ0v) is 16.2. The van der Waals surface area contributed by atoms with Crippen LogP contribution < -0.4 is 0 Å². The minimum Gasteiger partial charge on any atom is -0.444 e. The summed E-state index contributed by atoms with van der Waals surface area (Å²) in [4.78, 5) is 19.6. The average molecular weight is 401 g/mol. The van der Waals surface area contributed by atoms with Crippen LogP contribution in [0.25, 0.3) is 4.96 Å². The van der Waals surface area contributed by atoms with E-state index >= 15 is 0 Å². The lowest BCUT2D eigenvalue weighted by Gasteiger charge is -2.33. The predicted molar refractivity (Wildman–Crippen MR) is 93.1 cm³/mol. The molecule has 2 aromatic heterocycles. The molecule has 0 spiro atoms. The molecule has 1 amide bonds. The molecule has 1 fully saturated rings. The van der Waals surface area contributed by atoms with Crippen LogP contribution in [0.15, 0.2) is 3.92 Å². The van der Waals surface area contributed by atoms with Gasteiger partial charge in [-0.15, -0.1) is 5.10 Å². The third-order valence-corrected chi connectivity index (χ3v) is 5.31. The van der Waals surface area contributed by atoms with Crippen LogP contribution in [-0.2, 0) is 4.74 Å². The number of hydrogen-bond acceptors (Lipinski definition) is 5. The van der Waals surface area contributed by atoms with E-state index in [9.17, 15) is 4.79 Å². The van der Waals surface area contributed by atoms with Crippen molar-refractivity contribution in [1.82, 2.24) is 19.5 Å². The van der Waals surface area contributed by atoms with Gasteiger partial charge >= 0.3 is 6.09 Å². The maximum absolute atomic E-state index is 12.1. The van der Waals surface area contributed by atoms with Crippen molar-refractivity contribution in [3.05, 3.63) is 15.3 Å². The SMILES string of the molecule is Cc1c(C2CCN(C(=O)OC(C)(C)C)CC2)nc2sc(Br)nn12. The summed E-state index contributed by atoms with van der Waals surface area (Å²) in [6.45, 7) is 9.16. The van der Waals surface area contributed by atoms with Crippen molar-refractivity contribution in [3.63, 3.8) is 0 Å². The van der Waals surface area contributed by atoms with Crippen LogP contribution in [0.4, 0.5) is 4.79 Å². The number of rotatable bonds is 1. The van der Waals surface area contributed by atoms with Gasteiger partial charge in [-0.2, -0.15) is 0 Å². The average Bonchev–Trinajstić information content (AvgIpc) is 2.95. The number of halogens is 1. The number of aryl methyl sites for hydroxylation is 1. The largest absolute Gasteiger partial charge is 0.444 e. The van der Waals surface area contributed by atoms with Crippen LogP contribution in [0.1, 0.15) is 50.9 Å². The summed E-state index contributed by atoms with van der Waals surface area (Å²) >= 11 is 4.93. The lowest BCUT2D eigenvalue weighted by atomic mass is 9.93. The molecule has 1 saturated heterocycles. The molecule has 126 valence electrons. The molecule has 0 saturated carbocycles. The highest BCUT2D eigenvalue weighted by Crippen LogP contribution is 2.32. The molecule has 6 nitrogen and oxygen atoms in total. The van der Waals surface area contributed by atoms with Gasteiger partial charge in [0.2, 0.25) is 4.96 Å². The van der Waals surface area contributed by atoms with Crippen LogP contribution in [0.5, 0.6) is 0 Å². The van der Waals surface area contributed by atoms with Gasteiger partial charge in [0.1, 0.15) is 5.60 Å². The molecule has 0 unspecified atom stereocenters. The minimum atomic E-state index is -0.447. The van der Waals surface area contributed by atoms with Gasteiger partial charge in [-0.3, -0.25) is 0 Å². The zero-order chi connectivity index (χ0) is 16.8. The third-order valence-electron chi connectivity index (χ3n) is 3.97. The number of imidazole rings is 1.